The third kappa shape index (κ3) is 2.38. The normalized spacial score (nSPS) is 17.2. The number of halogens is 1. The Morgan fingerprint density at radius 3 is 2.71 bits per heavy atom. The molecule has 1 amide bonds. The Morgan fingerprint density at radius 1 is 1.35 bits per heavy atom. The Balaban J connectivity index is 2.35. The highest BCUT2D eigenvalue weighted by Gasteiger charge is 2.22. The van der Waals surface area contributed by atoms with E-state index in [2.05, 4.69) is 33.0 Å². The molecule has 4 heteroatoms. The van der Waals surface area contributed by atoms with Gasteiger partial charge in [-0.1, -0.05) is 28.1 Å². The van der Waals surface area contributed by atoms with Gasteiger partial charge in [0.25, 0.3) is 0 Å². The maximum Gasteiger partial charge on any atom is 0.227 e. The first-order valence-corrected chi connectivity index (χ1v) is 6.62. The van der Waals surface area contributed by atoms with Crippen LogP contribution in [0.15, 0.2) is 18.2 Å². The lowest BCUT2D eigenvalue weighted by molar-refractivity contribution is -0.118. The highest BCUT2D eigenvalue weighted by Crippen LogP contribution is 2.32. The average Bonchev–Trinajstić information content (AvgIpc) is 2.32. The molecule has 0 N–H and O–H groups in total. The number of anilines is 1. The maximum atomic E-state index is 11.6. The van der Waals surface area contributed by atoms with E-state index in [1.54, 1.807) is 4.90 Å². The first-order chi connectivity index (χ1) is 8.00. The number of hydrogen-bond acceptors (Lipinski definition) is 2. The van der Waals surface area contributed by atoms with E-state index in [0.717, 1.165) is 12.1 Å². The zero-order valence-electron chi connectivity index (χ0n) is 10.4. The molecule has 0 aromatic heterocycles. The van der Waals surface area contributed by atoms with E-state index in [4.69, 9.17) is 0 Å². The molecule has 1 atom stereocenters. The summed E-state index contributed by atoms with van der Waals surface area (Å²) < 4.78 is 0. The van der Waals surface area contributed by atoms with Crippen LogP contribution < -0.4 is 4.90 Å². The number of hydrogen-bond donors (Lipinski definition) is 0. The molecule has 1 aromatic carbocycles. The minimum Gasteiger partial charge on any atom is -0.315 e. The predicted molar refractivity (Wildman–Crippen MR) is 73.5 cm³/mol. The van der Waals surface area contributed by atoms with Crippen LogP contribution in [0.1, 0.15) is 22.5 Å². The van der Waals surface area contributed by atoms with E-state index in [1.165, 1.54) is 11.1 Å². The molecule has 0 bridgehead atoms. The highest BCUT2D eigenvalue weighted by molar-refractivity contribution is 9.09. The van der Waals surface area contributed by atoms with Crippen LogP contribution in [-0.4, -0.2) is 32.0 Å². The van der Waals surface area contributed by atoms with Gasteiger partial charge in [0.05, 0.1) is 4.95 Å². The van der Waals surface area contributed by atoms with Crippen LogP contribution in [0.5, 0.6) is 0 Å². The molecule has 0 fully saturated rings. The number of benzene rings is 1. The smallest absolute Gasteiger partial charge is 0.227 e. The minimum absolute atomic E-state index is 0.202. The second-order valence-electron chi connectivity index (χ2n) is 4.64. The van der Waals surface area contributed by atoms with Crippen LogP contribution in [0.3, 0.4) is 0 Å². The zero-order valence-corrected chi connectivity index (χ0v) is 12.0. The SMILES string of the molecule is CN1C(=O)CCc2cc(C(Br)N(C)C)ccc21. The topological polar surface area (TPSA) is 23.6 Å². The number of rotatable bonds is 2. The summed E-state index contributed by atoms with van der Waals surface area (Å²) in [5, 5.41) is 0. The van der Waals surface area contributed by atoms with Gasteiger partial charge in [-0.05, 0) is 37.7 Å². The number of amides is 1. The van der Waals surface area contributed by atoms with Crippen molar-refractivity contribution in [1.29, 1.82) is 0 Å². The van der Waals surface area contributed by atoms with Crippen LogP contribution in [0.25, 0.3) is 0 Å². The monoisotopic (exact) mass is 296 g/mol. The zero-order chi connectivity index (χ0) is 12.6. The number of alkyl halides is 1. The minimum atomic E-state index is 0.202. The molecule has 2 rings (SSSR count). The molecule has 17 heavy (non-hydrogen) atoms. The van der Waals surface area contributed by atoms with E-state index < -0.39 is 0 Å². The van der Waals surface area contributed by atoms with Gasteiger partial charge in [-0.25, -0.2) is 0 Å². The van der Waals surface area contributed by atoms with Crippen molar-refractivity contribution in [2.45, 2.75) is 17.8 Å². The predicted octanol–water partition coefficient (Wildman–Crippen LogP) is 2.55. The largest absolute Gasteiger partial charge is 0.315 e. The molecule has 0 saturated carbocycles. The molecular formula is C13H17BrN2O. The molecule has 0 aliphatic carbocycles. The average molecular weight is 297 g/mol. The number of fused-ring (bicyclic) bond motifs is 1. The Labute approximate surface area is 111 Å². The van der Waals surface area contributed by atoms with Gasteiger partial charge in [-0.2, -0.15) is 0 Å². The van der Waals surface area contributed by atoms with Crippen molar-refractivity contribution < 1.29 is 4.79 Å². The maximum absolute atomic E-state index is 11.6. The summed E-state index contributed by atoms with van der Waals surface area (Å²) in [4.78, 5) is 15.7. The number of carbonyl (C=O) groups excluding carboxylic acids is 1. The number of nitrogens with zero attached hydrogens (tertiary/aromatic N) is 2. The lowest BCUT2D eigenvalue weighted by Crippen LogP contribution is -2.31. The fraction of sp³-hybridized carbons (Fsp3) is 0.462. The van der Waals surface area contributed by atoms with Gasteiger partial charge in [0, 0.05) is 19.2 Å². The highest BCUT2D eigenvalue weighted by atomic mass is 79.9. The summed E-state index contributed by atoms with van der Waals surface area (Å²) >= 11 is 3.65. The molecule has 0 radical (unpaired) electrons. The van der Waals surface area contributed by atoms with Crippen LogP contribution in [0, 0.1) is 0 Å². The molecule has 3 nitrogen and oxygen atoms in total. The first-order valence-electron chi connectivity index (χ1n) is 5.70. The third-order valence-electron chi connectivity index (χ3n) is 3.18. The summed E-state index contributed by atoms with van der Waals surface area (Å²) in [5.74, 6) is 0.202. The van der Waals surface area contributed by atoms with Crippen LogP contribution in [-0.2, 0) is 11.2 Å². The lowest BCUT2D eigenvalue weighted by Gasteiger charge is -2.27. The fourth-order valence-electron chi connectivity index (χ4n) is 2.12. The van der Waals surface area contributed by atoms with Gasteiger partial charge in [0.2, 0.25) is 5.91 Å². The standard InChI is InChI=1S/C13H17BrN2O/c1-15(2)13(14)10-4-6-11-9(8-10)5-7-12(17)16(11)3/h4,6,8,13H,5,7H2,1-3H3. The Hall–Kier alpha value is -0.870. The van der Waals surface area contributed by atoms with Crippen LogP contribution in [0.2, 0.25) is 0 Å². The van der Waals surface area contributed by atoms with Gasteiger partial charge in [-0.3, -0.25) is 9.69 Å². The van der Waals surface area contributed by atoms with E-state index in [1.807, 2.05) is 27.2 Å². The van der Waals surface area contributed by atoms with Crippen molar-refractivity contribution in [3.8, 4) is 0 Å². The molecule has 0 saturated heterocycles. The van der Waals surface area contributed by atoms with Gasteiger partial charge >= 0.3 is 0 Å². The first kappa shape index (κ1) is 12.6. The third-order valence-corrected chi connectivity index (χ3v) is 4.52. The van der Waals surface area contributed by atoms with E-state index >= 15 is 0 Å². The number of aryl methyl sites for hydroxylation is 1. The molecule has 1 heterocycles. The van der Waals surface area contributed by atoms with Gasteiger partial charge < -0.3 is 4.90 Å². The Morgan fingerprint density at radius 2 is 2.06 bits per heavy atom. The summed E-state index contributed by atoms with van der Waals surface area (Å²) in [7, 11) is 5.92. The molecule has 1 unspecified atom stereocenters. The van der Waals surface area contributed by atoms with Crippen molar-refractivity contribution in [2.75, 3.05) is 26.0 Å². The molecule has 92 valence electrons. The lowest BCUT2D eigenvalue weighted by atomic mass is 9.99. The molecule has 1 aliphatic heterocycles. The van der Waals surface area contributed by atoms with E-state index in [-0.39, 0.29) is 10.9 Å². The summed E-state index contributed by atoms with van der Waals surface area (Å²) in [6.45, 7) is 0. The second kappa shape index (κ2) is 4.78. The van der Waals surface area contributed by atoms with Crippen LogP contribution in [0.4, 0.5) is 5.69 Å². The van der Waals surface area contributed by atoms with E-state index in [0.29, 0.717) is 6.42 Å². The second-order valence-corrected chi connectivity index (χ2v) is 5.51. The van der Waals surface area contributed by atoms with Gasteiger partial charge in [0.1, 0.15) is 0 Å². The fourth-order valence-corrected chi connectivity index (χ4v) is 2.41. The van der Waals surface area contributed by atoms with E-state index in [9.17, 15) is 4.79 Å². The summed E-state index contributed by atoms with van der Waals surface area (Å²) in [5.41, 5.74) is 3.54. The van der Waals surface area contributed by atoms with Crippen LogP contribution >= 0.6 is 15.9 Å². The van der Waals surface area contributed by atoms with Crippen molar-refractivity contribution >= 4 is 27.5 Å². The molecule has 1 aromatic rings. The van der Waals surface area contributed by atoms with Gasteiger partial charge in [-0.15, -0.1) is 0 Å². The van der Waals surface area contributed by atoms with Crippen molar-refractivity contribution in [3.63, 3.8) is 0 Å². The van der Waals surface area contributed by atoms with Crippen molar-refractivity contribution in [3.05, 3.63) is 29.3 Å². The Kier molecular flexibility index (Phi) is 3.54. The van der Waals surface area contributed by atoms with Crippen molar-refractivity contribution in [2.24, 2.45) is 0 Å². The van der Waals surface area contributed by atoms with Gasteiger partial charge in [0.15, 0.2) is 0 Å². The van der Waals surface area contributed by atoms with Crippen molar-refractivity contribution in [1.82, 2.24) is 4.90 Å². The summed E-state index contributed by atoms with van der Waals surface area (Å²) in [6.07, 6.45) is 1.46. The number of carbonyl (C=O) groups is 1. The molecule has 0 spiro atoms. The quantitative estimate of drug-likeness (QED) is 0.619. The molecule has 1 aliphatic rings. The Bertz CT molecular complexity index is 445. The molecular weight excluding hydrogens is 280 g/mol. The summed E-state index contributed by atoms with van der Waals surface area (Å²) in [6, 6.07) is 6.31.